The fraction of sp³-hybridized carbons (Fsp3) is 0.375. The highest BCUT2D eigenvalue weighted by atomic mass is 35.5. The molecular formula is C16H16ClNO2. The first-order chi connectivity index (χ1) is 9.50. The van der Waals surface area contributed by atoms with Gasteiger partial charge in [-0.3, -0.25) is 9.59 Å². The molecule has 3 nitrogen and oxygen atoms in total. The van der Waals surface area contributed by atoms with E-state index in [1.54, 1.807) is 18.2 Å². The lowest BCUT2D eigenvalue weighted by molar-refractivity contribution is -0.122. The molecule has 1 heterocycles. The highest BCUT2D eigenvalue weighted by Crippen LogP contribution is 2.41. The van der Waals surface area contributed by atoms with E-state index in [1.807, 2.05) is 13.8 Å². The van der Waals surface area contributed by atoms with Gasteiger partial charge in [-0.25, -0.2) is 4.90 Å². The van der Waals surface area contributed by atoms with Crippen LogP contribution in [0.15, 0.2) is 29.8 Å². The number of amides is 2. The molecule has 0 radical (unpaired) electrons. The number of allylic oxidation sites excluding steroid dienone is 2. The predicted octanol–water partition coefficient (Wildman–Crippen LogP) is 3.49. The second-order valence-corrected chi connectivity index (χ2v) is 6.01. The van der Waals surface area contributed by atoms with Gasteiger partial charge < -0.3 is 0 Å². The smallest absolute Gasteiger partial charge is 0.238 e. The quantitative estimate of drug-likeness (QED) is 0.586. The summed E-state index contributed by atoms with van der Waals surface area (Å²) < 4.78 is 0. The molecular weight excluding hydrogens is 274 g/mol. The highest BCUT2D eigenvalue weighted by Gasteiger charge is 2.48. The molecule has 4 heteroatoms. The monoisotopic (exact) mass is 289 g/mol. The molecule has 0 spiro atoms. The van der Waals surface area contributed by atoms with Gasteiger partial charge in [-0.2, -0.15) is 0 Å². The zero-order chi connectivity index (χ0) is 14.4. The van der Waals surface area contributed by atoms with Crippen LogP contribution in [0.3, 0.4) is 0 Å². The second kappa shape index (κ2) is 4.74. The Morgan fingerprint density at radius 2 is 1.85 bits per heavy atom. The van der Waals surface area contributed by atoms with E-state index >= 15 is 0 Å². The summed E-state index contributed by atoms with van der Waals surface area (Å²) in [6.45, 7) is 3.85. The lowest BCUT2D eigenvalue weighted by Gasteiger charge is -2.19. The average Bonchev–Trinajstić information content (AvgIpc) is 2.65. The summed E-state index contributed by atoms with van der Waals surface area (Å²) in [7, 11) is 0. The number of hydrogen-bond acceptors (Lipinski definition) is 2. The summed E-state index contributed by atoms with van der Waals surface area (Å²) >= 11 is 6.10. The Morgan fingerprint density at radius 3 is 2.60 bits per heavy atom. The summed E-state index contributed by atoms with van der Waals surface area (Å²) in [5.41, 5.74) is 2.59. The van der Waals surface area contributed by atoms with Crippen molar-refractivity contribution in [2.24, 2.45) is 11.8 Å². The summed E-state index contributed by atoms with van der Waals surface area (Å²) in [6.07, 6.45) is 3.42. The molecule has 1 aliphatic carbocycles. The number of carbonyl (C=O) groups excluding carboxylic acids is 2. The maximum atomic E-state index is 12.6. The van der Waals surface area contributed by atoms with Gasteiger partial charge in [-0.1, -0.05) is 29.3 Å². The first kappa shape index (κ1) is 13.4. The Balaban J connectivity index is 2.02. The van der Waals surface area contributed by atoms with Gasteiger partial charge in [0.2, 0.25) is 11.8 Å². The molecule has 2 aliphatic rings. The maximum Gasteiger partial charge on any atom is 0.238 e. The molecule has 20 heavy (non-hydrogen) atoms. The van der Waals surface area contributed by atoms with Crippen LogP contribution in [-0.4, -0.2) is 11.8 Å². The molecule has 3 rings (SSSR count). The van der Waals surface area contributed by atoms with E-state index in [1.165, 1.54) is 10.5 Å². The number of rotatable bonds is 1. The number of benzene rings is 1. The Labute approximate surface area is 123 Å². The molecule has 0 saturated carbocycles. The van der Waals surface area contributed by atoms with Crippen LogP contribution >= 0.6 is 11.6 Å². The third-order valence-corrected chi connectivity index (χ3v) is 4.71. The lowest BCUT2D eigenvalue weighted by atomic mass is 9.82. The topological polar surface area (TPSA) is 37.4 Å². The number of fused-ring (bicyclic) bond motifs is 1. The molecule has 0 unspecified atom stereocenters. The fourth-order valence-electron chi connectivity index (χ4n) is 3.11. The van der Waals surface area contributed by atoms with Gasteiger partial charge in [0, 0.05) is 5.02 Å². The van der Waals surface area contributed by atoms with Gasteiger partial charge in [-0.05, 0) is 44.4 Å². The summed E-state index contributed by atoms with van der Waals surface area (Å²) in [5, 5.41) is 0.576. The van der Waals surface area contributed by atoms with Gasteiger partial charge in [-0.15, -0.1) is 0 Å². The second-order valence-electron chi connectivity index (χ2n) is 5.60. The van der Waals surface area contributed by atoms with Crippen molar-refractivity contribution in [2.45, 2.75) is 26.7 Å². The van der Waals surface area contributed by atoms with Crippen LogP contribution in [0.4, 0.5) is 5.69 Å². The van der Waals surface area contributed by atoms with Crippen molar-refractivity contribution in [1.29, 1.82) is 0 Å². The van der Waals surface area contributed by atoms with Crippen molar-refractivity contribution in [3.05, 3.63) is 40.4 Å². The molecule has 2 atom stereocenters. The number of hydrogen-bond donors (Lipinski definition) is 0. The third-order valence-electron chi connectivity index (χ3n) is 4.30. The normalized spacial score (nSPS) is 25.8. The van der Waals surface area contributed by atoms with Gasteiger partial charge in [0.15, 0.2) is 0 Å². The van der Waals surface area contributed by atoms with Crippen molar-refractivity contribution in [2.75, 3.05) is 4.90 Å². The van der Waals surface area contributed by atoms with Crippen molar-refractivity contribution in [3.8, 4) is 0 Å². The largest absolute Gasteiger partial charge is 0.274 e. The zero-order valence-corrected chi connectivity index (χ0v) is 12.3. The van der Waals surface area contributed by atoms with Gasteiger partial charge in [0.1, 0.15) is 0 Å². The van der Waals surface area contributed by atoms with Crippen molar-refractivity contribution in [1.82, 2.24) is 0 Å². The Bertz CT molecular complexity index is 635. The molecule has 1 aromatic carbocycles. The zero-order valence-electron chi connectivity index (χ0n) is 11.5. The van der Waals surface area contributed by atoms with E-state index in [0.717, 1.165) is 5.56 Å². The first-order valence-electron chi connectivity index (χ1n) is 6.79. The molecule has 0 aromatic heterocycles. The molecule has 2 amide bonds. The maximum absolute atomic E-state index is 12.6. The first-order valence-corrected chi connectivity index (χ1v) is 7.17. The van der Waals surface area contributed by atoms with E-state index in [2.05, 4.69) is 6.08 Å². The molecule has 1 fully saturated rings. The van der Waals surface area contributed by atoms with E-state index in [9.17, 15) is 9.59 Å². The van der Waals surface area contributed by atoms with Gasteiger partial charge in [0.25, 0.3) is 0 Å². The minimum Gasteiger partial charge on any atom is -0.274 e. The molecule has 1 saturated heterocycles. The van der Waals surface area contributed by atoms with Gasteiger partial charge >= 0.3 is 0 Å². The van der Waals surface area contributed by atoms with Crippen LogP contribution in [0.25, 0.3) is 0 Å². The highest BCUT2D eigenvalue weighted by molar-refractivity contribution is 6.32. The number of nitrogens with zero attached hydrogens (tertiary/aromatic N) is 1. The number of halogens is 1. The van der Waals surface area contributed by atoms with E-state index < -0.39 is 0 Å². The van der Waals surface area contributed by atoms with E-state index in [0.29, 0.717) is 23.6 Å². The molecule has 1 aromatic rings. The molecule has 104 valence electrons. The van der Waals surface area contributed by atoms with Crippen LogP contribution in [0.1, 0.15) is 25.3 Å². The van der Waals surface area contributed by atoms with Crippen LogP contribution < -0.4 is 4.90 Å². The number of carbonyl (C=O) groups is 2. The molecule has 1 aliphatic heterocycles. The Kier molecular flexibility index (Phi) is 3.17. The minimum absolute atomic E-state index is 0.0854. The molecule has 0 N–H and O–H groups in total. The van der Waals surface area contributed by atoms with Gasteiger partial charge in [0.05, 0.1) is 17.5 Å². The lowest BCUT2D eigenvalue weighted by Crippen LogP contribution is -2.31. The average molecular weight is 290 g/mol. The van der Waals surface area contributed by atoms with Crippen LogP contribution in [0.5, 0.6) is 0 Å². The standard InChI is InChI=1S/C16H16ClNO2/c1-9-6-7-11-12(8-9)16(20)18(15(11)19)14-5-3-4-13(17)10(14)2/h3-6,11-12H,7-8H2,1-2H3/t11-,12+/m0/s1. The van der Waals surface area contributed by atoms with Crippen molar-refractivity contribution in [3.63, 3.8) is 0 Å². The van der Waals surface area contributed by atoms with Crippen LogP contribution in [0.2, 0.25) is 5.02 Å². The summed E-state index contributed by atoms with van der Waals surface area (Å²) in [4.78, 5) is 26.5. The third kappa shape index (κ3) is 1.88. The SMILES string of the molecule is CC1=CC[C@@H]2C(=O)N(c3cccc(Cl)c3C)C(=O)[C@@H]2C1. The van der Waals surface area contributed by atoms with Crippen LogP contribution in [-0.2, 0) is 9.59 Å². The number of anilines is 1. The van der Waals surface area contributed by atoms with Crippen LogP contribution in [0, 0.1) is 18.8 Å². The summed E-state index contributed by atoms with van der Waals surface area (Å²) in [5.74, 6) is -0.581. The van der Waals surface area contributed by atoms with Crippen molar-refractivity contribution >= 4 is 29.1 Å². The molecule has 0 bridgehead atoms. The van der Waals surface area contributed by atoms with E-state index in [4.69, 9.17) is 11.6 Å². The van der Waals surface area contributed by atoms with Crippen molar-refractivity contribution < 1.29 is 9.59 Å². The Morgan fingerprint density at radius 1 is 1.15 bits per heavy atom. The fourth-order valence-corrected chi connectivity index (χ4v) is 3.28. The minimum atomic E-state index is -0.204. The predicted molar refractivity (Wildman–Crippen MR) is 78.7 cm³/mol. The summed E-state index contributed by atoms with van der Waals surface area (Å²) in [6, 6.07) is 5.33. The van der Waals surface area contributed by atoms with E-state index in [-0.39, 0.29) is 23.7 Å². The number of imide groups is 1. The Hall–Kier alpha value is -1.61.